The third kappa shape index (κ3) is 2.70. The van der Waals surface area contributed by atoms with Crippen molar-refractivity contribution in [2.75, 3.05) is 19.0 Å². The van der Waals surface area contributed by atoms with E-state index in [2.05, 4.69) is 15.6 Å². The zero-order valence-electron chi connectivity index (χ0n) is 11.5. The van der Waals surface area contributed by atoms with Crippen molar-refractivity contribution >= 4 is 22.4 Å². The predicted octanol–water partition coefficient (Wildman–Crippen LogP) is 1.76. The Balaban J connectivity index is 1.82. The van der Waals surface area contributed by atoms with Gasteiger partial charge in [0, 0.05) is 24.4 Å². The number of benzene rings is 1. The molecule has 1 aliphatic rings. The second kappa shape index (κ2) is 5.71. The number of aromatic hydroxyl groups is 1. The van der Waals surface area contributed by atoms with Crippen molar-refractivity contribution in [2.24, 2.45) is 0 Å². The van der Waals surface area contributed by atoms with Gasteiger partial charge in [-0.05, 0) is 12.1 Å². The first-order chi connectivity index (χ1) is 10.2. The quantitative estimate of drug-likeness (QED) is 0.805. The van der Waals surface area contributed by atoms with Gasteiger partial charge >= 0.3 is 0 Å². The van der Waals surface area contributed by atoms with Crippen LogP contribution >= 0.6 is 11.3 Å². The summed E-state index contributed by atoms with van der Waals surface area (Å²) in [6.45, 7) is 1.69. The second-order valence-corrected chi connectivity index (χ2v) is 5.71. The van der Waals surface area contributed by atoms with Gasteiger partial charge in [0.05, 0.1) is 18.4 Å². The molecule has 0 aliphatic carbocycles. The van der Waals surface area contributed by atoms with E-state index in [0.717, 1.165) is 30.1 Å². The highest BCUT2D eigenvalue weighted by molar-refractivity contribution is 7.15. The van der Waals surface area contributed by atoms with Crippen molar-refractivity contribution in [3.63, 3.8) is 0 Å². The number of carbonyl (C=O) groups excluding carboxylic acids is 1. The largest absolute Gasteiger partial charge is 0.504 e. The van der Waals surface area contributed by atoms with Crippen LogP contribution in [0.3, 0.4) is 0 Å². The van der Waals surface area contributed by atoms with E-state index in [1.54, 1.807) is 18.2 Å². The summed E-state index contributed by atoms with van der Waals surface area (Å²) in [7, 11) is 1.44. The van der Waals surface area contributed by atoms with E-state index < -0.39 is 5.91 Å². The highest BCUT2D eigenvalue weighted by atomic mass is 32.1. The number of fused-ring (bicyclic) bond motifs is 1. The number of phenols is 1. The van der Waals surface area contributed by atoms with Crippen LogP contribution in [0.1, 0.15) is 20.9 Å². The fraction of sp³-hybridized carbons (Fsp3) is 0.286. The number of rotatable bonds is 3. The summed E-state index contributed by atoms with van der Waals surface area (Å²) >= 11 is 1.46. The number of thiazole rings is 1. The molecule has 0 saturated heterocycles. The number of carbonyl (C=O) groups is 1. The number of phenolic OH excluding ortho intramolecular Hbond substituents is 1. The molecule has 1 aromatic carbocycles. The maximum atomic E-state index is 12.2. The number of ether oxygens (including phenoxy) is 1. The molecule has 1 amide bonds. The number of hydrogen-bond donors (Lipinski definition) is 3. The van der Waals surface area contributed by atoms with Gasteiger partial charge in [-0.15, -0.1) is 11.3 Å². The van der Waals surface area contributed by atoms with Crippen molar-refractivity contribution in [3.8, 4) is 11.5 Å². The molecule has 0 saturated carbocycles. The van der Waals surface area contributed by atoms with Crippen molar-refractivity contribution in [2.45, 2.75) is 13.0 Å². The highest BCUT2D eigenvalue weighted by Crippen LogP contribution is 2.31. The molecule has 0 fully saturated rings. The van der Waals surface area contributed by atoms with Crippen molar-refractivity contribution in [1.29, 1.82) is 0 Å². The van der Waals surface area contributed by atoms with Crippen molar-refractivity contribution < 1.29 is 14.6 Å². The second-order valence-electron chi connectivity index (χ2n) is 4.63. The minimum Gasteiger partial charge on any atom is -0.504 e. The lowest BCUT2D eigenvalue weighted by molar-refractivity contribution is 0.102. The topological polar surface area (TPSA) is 83.5 Å². The molecule has 0 spiro atoms. The number of aromatic nitrogens is 1. The molecule has 2 aromatic rings. The Morgan fingerprint density at radius 1 is 1.52 bits per heavy atom. The third-order valence-electron chi connectivity index (χ3n) is 3.29. The van der Waals surface area contributed by atoms with Crippen LogP contribution in [0, 0.1) is 0 Å². The normalized spacial score (nSPS) is 13.6. The lowest BCUT2D eigenvalue weighted by atomic mass is 10.1. The summed E-state index contributed by atoms with van der Waals surface area (Å²) in [5.74, 6) is -0.295. The summed E-state index contributed by atoms with van der Waals surface area (Å²) < 4.78 is 5.00. The fourth-order valence-corrected chi connectivity index (χ4v) is 3.19. The maximum Gasteiger partial charge on any atom is 0.261 e. The average molecular weight is 305 g/mol. The molecule has 110 valence electrons. The van der Waals surface area contributed by atoms with Crippen molar-refractivity contribution in [3.05, 3.63) is 34.3 Å². The molecule has 1 aliphatic heterocycles. The first-order valence-corrected chi connectivity index (χ1v) is 7.37. The van der Waals surface area contributed by atoms with Crippen LogP contribution in [-0.2, 0) is 13.0 Å². The van der Waals surface area contributed by atoms with Gasteiger partial charge in [0.2, 0.25) is 0 Å². The van der Waals surface area contributed by atoms with E-state index in [0.29, 0.717) is 5.13 Å². The van der Waals surface area contributed by atoms with Gasteiger partial charge in [0.15, 0.2) is 16.6 Å². The first-order valence-electron chi connectivity index (χ1n) is 6.55. The van der Waals surface area contributed by atoms with Crippen LogP contribution in [0.4, 0.5) is 5.13 Å². The smallest absolute Gasteiger partial charge is 0.261 e. The standard InChI is InChI=1S/C14H15N3O3S/c1-20-10-4-2-3-8(12(10)18)13(19)17-14-16-9-5-6-15-7-11(9)21-14/h2-4,15,18H,5-7H2,1H3,(H,16,17,19). The monoisotopic (exact) mass is 305 g/mol. The van der Waals surface area contributed by atoms with Crippen LogP contribution in [0.25, 0.3) is 0 Å². The zero-order valence-corrected chi connectivity index (χ0v) is 12.3. The van der Waals surface area contributed by atoms with Gasteiger partial charge in [-0.1, -0.05) is 6.07 Å². The molecule has 0 radical (unpaired) electrons. The van der Waals surface area contributed by atoms with Crippen LogP contribution in [0.15, 0.2) is 18.2 Å². The van der Waals surface area contributed by atoms with Gasteiger partial charge in [0.1, 0.15) is 0 Å². The predicted molar refractivity (Wildman–Crippen MR) is 80.1 cm³/mol. The minimum atomic E-state index is -0.398. The SMILES string of the molecule is COc1cccc(C(=O)Nc2nc3c(s2)CNCC3)c1O. The first kappa shape index (κ1) is 13.8. The van der Waals surface area contributed by atoms with Crippen molar-refractivity contribution in [1.82, 2.24) is 10.3 Å². The number of para-hydroxylation sites is 1. The van der Waals surface area contributed by atoms with E-state index in [-0.39, 0.29) is 17.1 Å². The lowest BCUT2D eigenvalue weighted by Crippen LogP contribution is -2.22. The van der Waals surface area contributed by atoms with Crippen LogP contribution in [0.5, 0.6) is 11.5 Å². The molecule has 7 heteroatoms. The number of nitrogens with one attached hydrogen (secondary N) is 2. The Labute approximate surface area is 125 Å². The Morgan fingerprint density at radius 3 is 3.14 bits per heavy atom. The molecule has 0 bridgehead atoms. The minimum absolute atomic E-state index is 0.166. The molecule has 3 rings (SSSR count). The molecule has 2 heterocycles. The molecule has 1 aromatic heterocycles. The molecule has 0 atom stereocenters. The lowest BCUT2D eigenvalue weighted by Gasteiger charge is -2.09. The Bertz CT molecular complexity index is 661. The molecular weight excluding hydrogens is 290 g/mol. The average Bonchev–Trinajstić information content (AvgIpc) is 2.89. The van der Waals surface area contributed by atoms with Gasteiger partial charge in [-0.25, -0.2) is 4.98 Å². The molecule has 3 N–H and O–H groups in total. The van der Waals surface area contributed by atoms with Gasteiger partial charge < -0.3 is 15.2 Å². The zero-order chi connectivity index (χ0) is 14.8. The number of amides is 1. The fourth-order valence-electron chi connectivity index (χ4n) is 2.21. The van der Waals surface area contributed by atoms with Gasteiger partial charge in [0.25, 0.3) is 5.91 Å². The number of nitrogens with zero attached hydrogens (tertiary/aromatic N) is 1. The molecule has 6 nitrogen and oxygen atoms in total. The van der Waals surface area contributed by atoms with E-state index in [9.17, 15) is 9.90 Å². The van der Waals surface area contributed by atoms with E-state index >= 15 is 0 Å². The van der Waals surface area contributed by atoms with E-state index in [4.69, 9.17) is 4.74 Å². The Kier molecular flexibility index (Phi) is 3.76. The summed E-state index contributed by atoms with van der Waals surface area (Å²) in [6.07, 6.45) is 0.867. The molecular formula is C14H15N3O3S. The summed E-state index contributed by atoms with van der Waals surface area (Å²) in [6, 6.07) is 4.80. The Hall–Kier alpha value is -2.12. The van der Waals surface area contributed by atoms with E-state index in [1.165, 1.54) is 18.4 Å². The van der Waals surface area contributed by atoms with Crippen LogP contribution < -0.4 is 15.4 Å². The Morgan fingerprint density at radius 2 is 2.38 bits per heavy atom. The number of anilines is 1. The van der Waals surface area contributed by atoms with Gasteiger partial charge in [-0.2, -0.15) is 0 Å². The summed E-state index contributed by atoms with van der Waals surface area (Å²) in [5, 5.41) is 16.5. The summed E-state index contributed by atoms with van der Waals surface area (Å²) in [5.41, 5.74) is 1.20. The van der Waals surface area contributed by atoms with Gasteiger partial charge in [-0.3, -0.25) is 10.1 Å². The molecule has 21 heavy (non-hydrogen) atoms. The third-order valence-corrected chi connectivity index (χ3v) is 4.30. The van der Waals surface area contributed by atoms with Crippen LogP contribution in [-0.4, -0.2) is 29.7 Å². The van der Waals surface area contributed by atoms with E-state index in [1.807, 2.05) is 0 Å². The maximum absolute atomic E-state index is 12.2. The number of methoxy groups -OCH3 is 1. The highest BCUT2D eigenvalue weighted by Gasteiger charge is 2.19. The molecule has 0 unspecified atom stereocenters. The number of hydrogen-bond acceptors (Lipinski definition) is 6. The van der Waals surface area contributed by atoms with Crippen LogP contribution in [0.2, 0.25) is 0 Å². The summed E-state index contributed by atoms with van der Waals surface area (Å²) in [4.78, 5) is 17.8.